The van der Waals surface area contributed by atoms with Crippen molar-refractivity contribution in [3.63, 3.8) is 0 Å². The van der Waals surface area contributed by atoms with E-state index < -0.39 is 23.2 Å². The largest absolute Gasteiger partial charge is 0.462 e. The summed E-state index contributed by atoms with van der Waals surface area (Å²) < 4.78 is 19.8. The van der Waals surface area contributed by atoms with E-state index >= 15 is 0 Å². The molecular weight excluding hydrogens is 439 g/mol. The quantitative estimate of drug-likeness (QED) is 0.331. The van der Waals surface area contributed by atoms with Crippen molar-refractivity contribution in [1.29, 1.82) is 0 Å². The fourth-order valence-corrected chi connectivity index (χ4v) is 3.35. The van der Waals surface area contributed by atoms with E-state index in [-0.39, 0.29) is 37.2 Å². The maximum absolute atomic E-state index is 14.7. The second-order valence-electron chi connectivity index (χ2n) is 8.33. The monoisotopic (exact) mass is 468 g/mol. The lowest BCUT2D eigenvalue weighted by Gasteiger charge is -2.23. The lowest BCUT2D eigenvalue weighted by molar-refractivity contribution is 0.0526. The van der Waals surface area contributed by atoms with E-state index in [9.17, 15) is 19.4 Å². The normalized spacial score (nSPS) is 12.2. The van der Waals surface area contributed by atoms with Crippen molar-refractivity contribution in [2.45, 2.75) is 32.2 Å². The summed E-state index contributed by atoms with van der Waals surface area (Å²) in [5.41, 5.74) is 0.959. The molecule has 0 aliphatic heterocycles. The number of aromatic nitrogens is 2. The van der Waals surface area contributed by atoms with Gasteiger partial charge < -0.3 is 25.6 Å². The Kier molecular flexibility index (Phi) is 8.14. The molecule has 3 aromatic rings. The molecule has 0 radical (unpaired) electrons. The highest BCUT2D eigenvalue weighted by Gasteiger charge is 2.24. The first-order valence-corrected chi connectivity index (χ1v) is 10.9. The van der Waals surface area contributed by atoms with Crippen LogP contribution < -0.4 is 10.6 Å². The van der Waals surface area contributed by atoms with Crippen LogP contribution in [-0.4, -0.2) is 46.0 Å². The van der Waals surface area contributed by atoms with Crippen LogP contribution in [0.25, 0.3) is 0 Å². The minimum Gasteiger partial charge on any atom is -0.462 e. The zero-order chi connectivity index (χ0) is 24.7. The molecule has 0 bridgehead atoms. The third kappa shape index (κ3) is 5.86. The van der Waals surface area contributed by atoms with Gasteiger partial charge in [-0.25, -0.2) is 14.2 Å². The first-order valence-electron chi connectivity index (χ1n) is 10.9. The maximum atomic E-state index is 14.7. The molecular formula is C25H29FN4O4. The van der Waals surface area contributed by atoms with Crippen LogP contribution in [0.5, 0.6) is 0 Å². The summed E-state index contributed by atoms with van der Waals surface area (Å²) in [5, 5.41) is 25.5. The zero-order valence-electron chi connectivity index (χ0n) is 19.4. The number of ether oxygens (including phenoxy) is 1. The molecule has 0 saturated heterocycles. The standard InChI is InChI=1S/C25H29FN4O4/c1-4-34-23(33)18-13-27-24(28-17-10-11-19(20(26)12-17)25(2,3)15-32)30-22(18)29-21(14-31)16-8-6-5-7-9-16/h5-13,21,31-32H,4,14-15H2,1-3H3,(H2,27,28,29,30)/t21-/m1/s1. The van der Waals surface area contributed by atoms with E-state index in [1.54, 1.807) is 32.9 Å². The third-order valence-electron chi connectivity index (χ3n) is 5.33. The van der Waals surface area contributed by atoms with Gasteiger partial charge in [-0.2, -0.15) is 4.98 Å². The Hall–Kier alpha value is -3.56. The van der Waals surface area contributed by atoms with Crippen molar-refractivity contribution >= 4 is 23.4 Å². The smallest absolute Gasteiger partial charge is 0.343 e. The molecule has 180 valence electrons. The molecule has 9 heteroatoms. The summed E-state index contributed by atoms with van der Waals surface area (Å²) in [4.78, 5) is 21.0. The molecule has 4 N–H and O–H groups in total. The second kappa shape index (κ2) is 11.0. The summed E-state index contributed by atoms with van der Waals surface area (Å²) in [6, 6.07) is 13.2. The summed E-state index contributed by atoms with van der Waals surface area (Å²) >= 11 is 0. The van der Waals surface area contributed by atoms with Crippen molar-refractivity contribution in [2.75, 3.05) is 30.5 Å². The van der Waals surface area contributed by atoms with E-state index in [2.05, 4.69) is 20.6 Å². The van der Waals surface area contributed by atoms with Crippen molar-refractivity contribution in [3.05, 3.63) is 77.2 Å². The van der Waals surface area contributed by atoms with Gasteiger partial charge in [0.25, 0.3) is 0 Å². The van der Waals surface area contributed by atoms with Crippen LogP contribution in [0.2, 0.25) is 0 Å². The maximum Gasteiger partial charge on any atom is 0.343 e. The number of benzene rings is 2. The summed E-state index contributed by atoms with van der Waals surface area (Å²) in [6.07, 6.45) is 1.31. The number of anilines is 3. The topological polar surface area (TPSA) is 117 Å². The average molecular weight is 469 g/mol. The molecule has 1 aromatic heterocycles. The number of nitrogens with one attached hydrogen (secondary N) is 2. The van der Waals surface area contributed by atoms with Gasteiger partial charge in [-0.3, -0.25) is 0 Å². The van der Waals surface area contributed by atoms with Gasteiger partial charge in [0.05, 0.1) is 25.9 Å². The van der Waals surface area contributed by atoms with Crippen LogP contribution in [0.1, 0.15) is 48.3 Å². The van der Waals surface area contributed by atoms with Crippen LogP contribution in [0.4, 0.5) is 21.8 Å². The summed E-state index contributed by atoms with van der Waals surface area (Å²) in [5.74, 6) is -0.802. The lowest BCUT2D eigenvalue weighted by Crippen LogP contribution is -2.23. The van der Waals surface area contributed by atoms with Gasteiger partial charge in [0, 0.05) is 17.3 Å². The second-order valence-corrected chi connectivity index (χ2v) is 8.33. The van der Waals surface area contributed by atoms with Gasteiger partial charge in [0.15, 0.2) is 0 Å². The van der Waals surface area contributed by atoms with Gasteiger partial charge in [0.1, 0.15) is 17.2 Å². The van der Waals surface area contributed by atoms with Crippen LogP contribution in [0, 0.1) is 5.82 Å². The molecule has 0 unspecified atom stereocenters. The fraction of sp³-hybridized carbons (Fsp3) is 0.320. The number of carbonyl (C=O) groups excluding carboxylic acids is 1. The van der Waals surface area contributed by atoms with Crippen LogP contribution in [0.3, 0.4) is 0 Å². The van der Waals surface area contributed by atoms with Crippen molar-refractivity contribution in [2.24, 2.45) is 0 Å². The Labute approximate surface area is 197 Å². The first-order chi connectivity index (χ1) is 16.3. The SMILES string of the molecule is CCOC(=O)c1cnc(Nc2ccc(C(C)(C)CO)c(F)c2)nc1N[C@H](CO)c1ccccc1. The molecule has 0 amide bonds. The van der Waals surface area contributed by atoms with E-state index in [1.807, 2.05) is 30.3 Å². The van der Waals surface area contributed by atoms with Crippen LogP contribution in [-0.2, 0) is 10.2 Å². The number of hydrogen-bond acceptors (Lipinski definition) is 8. The molecule has 0 fully saturated rings. The molecule has 2 aromatic carbocycles. The van der Waals surface area contributed by atoms with Gasteiger partial charge >= 0.3 is 5.97 Å². The first kappa shape index (κ1) is 25.1. The number of hydrogen-bond donors (Lipinski definition) is 4. The van der Waals surface area contributed by atoms with E-state index in [0.717, 1.165) is 5.56 Å². The van der Waals surface area contributed by atoms with Gasteiger partial charge in [0.2, 0.25) is 5.95 Å². The molecule has 0 saturated carbocycles. The number of aliphatic hydroxyl groups is 2. The predicted molar refractivity (Wildman–Crippen MR) is 128 cm³/mol. The molecule has 0 aliphatic rings. The Bertz CT molecular complexity index is 1130. The fourth-order valence-electron chi connectivity index (χ4n) is 3.35. The Balaban J connectivity index is 1.92. The van der Waals surface area contributed by atoms with Crippen molar-refractivity contribution in [1.82, 2.24) is 9.97 Å². The number of esters is 1. The highest BCUT2D eigenvalue weighted by molar-refractivity contribution is 5.94. The van der Waals surface area contributed by atoms with Crippen molar-refractivity contribution in [3.8, 4) is 0 Å². The molecule has 0 spiro atoms. The van der Waals surface area contributed by atoms with Crippen LogP contribution in [0.15, 0.2) is 54.7 Å². The predicted octanol–water partition coefficient (Wildman–Crippen LogP) is 3.95. The highest BCUT2D eigenvalue weighted by atomic mass is 19.1. The van der Waals surface area contributed by atoms with Gasteiger partial charge in [-0.15, -0.1) is 0 Å². The molecule has 8 nitrogen and oxygen atoms in total. The highest BCUT2D eigenvalue weighted by Crippen LogP contribution is 2.29. The Morgan fingerprint density at radius 2 is 1.91 bits per heavy atom. The molecule has 0 aliphatic carbocycles. The number of halogens is 1. The van der Waals surface area contributed by atoms with Gasteiger partial charge in [-0.1, -0.05) is 50.2 Å². The number of carbonyl (C=O) groups is 1. The number of rotatable bonds is 10. The molecule has 1 heterocycles. The van der Waals surface area contributed by atoms with Crippen LogP contribution >= 0.6 is 0 Å². The van der Waals surface area contributed by atoms with Crippen molar-refractivity contribution < 1.29 is 24.1 Å². The Morgan fingerprint density at radius 3 is 2.53 bits per heavy atom. The molecule has 3 rings (SSSR count). The minimum atomic E-state index is -0.728. The zero-order valence-corrected chi connectivity index (χ0v) is 19.4. The number of aliphatic hydroxyl groups excluding tert-OH is 2. The lowest BCUT2D eigenvalue weighted by atomic mass is 9.85. The average Bonchev–Trinajstić information content (AvgIpc) is 2.83. The summed E-state index contributed by atoms with van der Waals surface area (Å²) in [7, 11) is 0. The van der Waals surface area contributed by atoms with E-state index in [4.69, 9.17) is 4.74 Å². The van der Waals surface area contributed by atoms with Gasteiger partial charge in [-0.05, 0) is 30.2 Å². The number of nitrogens with zero attached hydrogens (tertiary/aromatic N) is 2. The van der Waals surface area contributed by atoms with E-state index in [1.165, 1.54) is 12.3 Å². The molecule has 1 atom stereocenters. The Morgan fingerprint density at radius 1 is 1.18 bits per heavy atom. The summed E-state index contributed by atoms with van der Waals surface area (Å²) in [6.45, 7) is 4.93. The van der Waals surface area contributed by atoms with E-state index in [0.29, 0.717) is 11.3 Å². The minimum absolute atomic E-state index is 0.105. The third-order valence-corrected chi connectivity index (χ3v) is 5.33. The molecule has 34 heavy (non-hydrogen) atoms.